The van der Waals surface area contributed by atoms with Crippen LogP contribution < -0.4 is 0 Å². The van der Waals surface area contributed by atoms with E-state index in [2.05, 4.69) is 14.6 Å². The fraction of sp³-hybridized carbons (Fsp3) is 0. The lowest BCUT2D eigenvalue weighted by Gasteiger charge is -1.65. The summed E-state index contributed by atoms with van der Waals surface area (Å²) in [7, 11) is 0. The maximum Gasteiger partial charge on any atom is 0.242 e. The molecule has 1 rings (SSSR count). The largest absolute Gasteiger partial charge is 0.242 e. The van der Waals surface area contributed by atoms with Crippen LogP contribution in [0.2, 0.25) is 0 Å². The van der Waals surface area contributed by atoms with Gasteiger partial charge < -0.3 is 0 Å². The highest BCUT2D eigenvalue weighted by Crippen LogP contribution is 2.05. The lowest BCUT2D eigenvalue weighted by Crippen LogP contribution is -1.60. The number of carbonyl (C=O) groups excluding carboxylic acids is 1. The molecule has 4 nitrogen and oxygen atoms in total. The summed E-state index contributed by atoms with van der Waals surface area (Å²) in [6.45, 7) is 0. The van der Waals surface area contributed by atoms with E-state index in [9.17, 15) is 4.79 Å². The van der Waals surface area contributed by atoms with Crippen molar-refractivity contribution in [1.29, 1.82) is 0 Å². The van der Waals surface area contributed by atoms with E-state index in [1.54, 1.807) is 5.38 Å². The zero-order chi connectivity index (χ0) is 5.82. The van der Waals surface area contributed by atoms with Gasteiger partial charge in [0.05, 0.1) is 5.38 Å². The molecule has 0 radical (unpaired) electrons. The van der Waals surface area contributed by atoms with Crippen LogP contribution >= 0.6 is 11.5 Å². The molecule has 1 heterocycles. The molecule has 40 valence electrons. The highest BCUT2D eigenvalue weighted by atomic mass is 32.1. The number of aromatic nitrogens is 2. The van der Waals surface area contributed by atoms with Crippen molar-refractivity contribution in [2.75, 3.05) is 0 Å². The second-order valence-corrected chi connectivity index (χ2v) is 1.58. The molecule has 0 bridgehead atoms. The predicted octanol–water partition coefficient (Wildman–Crippen LogP) is 0.505. The van der Waals surface area contributed by atoms with Crippen molar-refractivity contribution >= 4 is 23.4 Å². The van der Waals surface area contributed by atoms with Gasteiger partial charge in [-0.2, -0.15) is 0 Å². The van der Waals surface area contributed by atoms with Gasteiger partial charge in [0.25, 0.3) is 0 Å². The third-order valence-electron chi connectivity index (χ3n) is 0.509. The number of aliphatic imine (C=N–C) groups is 1. The molecule has 1 aromatic heterocycles. The van der Waals surface area contributed by atoms with E-state index >= 15 is 0 Å². The van der Waals surface area contributed by atoms with Crippen LogP contribution in [0.15, 0.2) is 10.4 Å². The molecule has 0 aliphatic rings. The third-order valence-corrected chi connectivity index (χ3v) is 1.00. The summed E-state index contributed by atoms with van der Waals surface area (Å²) in [5.41, 5.74) is 0. The van der Waals surface area contributed by atoms with Gasteiger partial charge in [0.15, 0.2) is 5.82 Å². The van der Waals surface area contributed by atoms with Crippen molar-refractivity contribution in [2.45, 2.75) is 0 Å². The molecule has 0 aliphatic heterocycles. The van der Waals surface area contributed by atoms with E-state index in [0.717, 1.165) is 11.5 Å². The monoisotopic (exact) mass is 127 g/mol. The highest BCUT2D eigenvalue weighted by molar-refractivity contribution is 7.03. The SMILES string of the molecule is O=C=Nc1csnn1. The number of isocyanates is 1. The Balaban J connectivity index is 2.93. The smallest absolute Gasteiger partial charge is 0.211 e. The van der Waals surface area contributed by atoms with Gasteiger partial charge in [0.1, 0.15) is 0 Å². The van der Waals surface area contributed by atoms with E-state index in [0.29, 0.717) is 5.82 Å². The van der Waals surface area contributed by atoms with Crippen molar-refractivity contribution in [1.82, 2.24) is 9.59 Å². The molecule has 0 spiro atoms. The minimum absolute atomic E-state index is 0.324. The fourth-order valence-corrected chi connectivity index (χ4v) is 0.627. The number of nitrogens with zero attached hydrogens (tertiary/aromatic N) is 3. The van der Waals surface area contributed by atoms with Crippen LogP contribution in [-0.2, 0) is 4.79 Å². The Labute approximate surface area is 49.0 Å². The molecule has 0 aromatic carbocycles. The summed E-state index contributed by atoms with van der Waals surface area (Å²) >= 11 is 1.15. The Kier molecular flexibility index (Phi) is 1.46. The number of hydrogen-bond donors (Lipinski definition) is 0. The molecule has 5 heteroatoms. The van der Waals surface area contributed by atoms with Crippen LogP contribution in [0.5, 0.6) is 0 Å². The minimum atomic E-state index is 0.324. The topological polar surface area (TPSA) is 55.2 Å². The van der Waals surface area contributed by atoms with Crippen LogP contribution in [0.4, 0.5) is 5.82 Å². The zero-order valence-corrected chi connectivity index (χ0v) is 4.55. The van der Waals surface area contributed by atoms with E-state index in [1.165, 1.54) is 6.08 Å². The second-order valence-electron chi connectivity index (χ2n) is 0.966. The Morgan fingerprint density at radius 3 is 3.25 bits per heavy atom. The summed E-state index contributed by atoms with van der Waals surface area (Å²) in [6, 6.07) is 0. The minimum Gasteiger partial charge on any atom is -0.211 e. The average molecular weight is 127 g/mol. The van der Waals surface area contributed by atoms with Crippen molar-refractivity contribution in [3.8, 4) is 0 Å². The maximum absolute atomic E-state index is 9.52. The molecule has 0 N–H and O–H groups in total. The molecular weight excluding hydrogens is 126 g/mol. The quantitative estimate of drug-likeness (QED) is 0.408. The van der Waals surface area contributed by atoms with E-state index in [4.69, 9.17) is 0 Å². The second kappa shape index (κ2) is 2.30. The Bertz CT molecular complexity index is 200. The molecule has 0 atom stereocenters. The summed E-state index contributed by atoms with van der Waals surface area (Å²) in [6.07, 6.45) is 1.35. The zero-order valence-electron chi connectivity index (χ0n) is 3.74. The Morgan fingerprint density at radius 2 is 2.75 bits per heavy atom. The van der Waals surface area contributed by atoms with Crippen molar-refractivity contribution in [3.63, 3.8) is 0 Å². The van der Waals surface area contributed by atoms with Gasteiger partial charge in [0, 0.05) is 0 Å². The number of rotatable bonds is 1. The first-order valence-electron chi connectivity index (χ1n) is 1.78. The van der Waals surface area contributed by atoms with Crippen LogP contribution in [0.1, 0.15) is 0 Å². The van der Waals surface area contributed by atoms with Crippen molar-refractivity contribution in [3.05, 3.63) is 5.38 Å². The van der Waals surface area contributed by atoms with E-state index in [1.807, 2.05) is 0 Å². The maximum atomic E-state index is 9.52. The molecule has 0 saturated heterocycles. The summed E-state index contributed by atoms with van der Waals surface area (Å²) in [5.74, 6) is 0.324. The van der Waals surface area contributed by atoms with Crippen LogP contribution in [0, 0.1) is 0 Å². The predicted molar refractivity (Wildman–Crippen MR) is 27.7 cm³/mol. The standard InChI is InChI=1S/C3HN3OS/c7-2-4-3-1-8-6-5-3/h1H. The first kappa shape index (κ1) is 5.08. The molecule has 0 saturated carbocycles. The first-order chi connectivity index (χ1) is 3.93. The first-order valence-corrected chi connectivity index (χ1v) is 2.62. The van der Waals surface area contributed by atoms with Crippen LogP contribution in [0.25, 0.3) is 0 Å². The summed E-state index contributed by atoms with van der Waals surface area (Å²) in [4.78, 5) is 12.7. The molecular formula is C3HN3OS. The summed E-state index contributed by atoms with van der Waals surface area (Å²) in [5, 5.41) is 5.01. The van der Waals surface area contributed by atoms with Crippen molar-refractivity contribution < 1.29 is 4.79 Å². The third kappa shape index (κ3) is 0.959. The van der Waals surface area contributed by atoms with Gasteiger partial charge in [-0.1, -0.05) is 4.49 Å². The average Bonchev–Trinajstić information content (AvgIpc) is 2.19. The van der Waals surface area contributed by atoms with Gasteiger partial charge in [0.2, 0.25) is 6.08 Å². The highest BCUT2D eigenvalue weighted by Gasteiger charge is 1.86. The van der Waals surface area contributed by atoms with Crippen LogP contribution in [-0.4, -0.2) is 15.7 Å². The normalized spacial score (nSPS) is 8.00. The molecule has 8 heavy (non-hydrogen) atoms. The molecule has 0 aliphatic carbocycles. The van der Waals surface area contributed by atoms with Gasteiger partial charge in [-0.15, -0.1) is 10.1 Å². The molecule has 0 fully saturated rings. The summed E-state index contributed by atoms with van der Waals surface area (Å²) < 4.78 is 3.46. The van der Waals surface area contributed by atoms with E-state index in [-0.39, 0.29) is 0 Å². The van der Waals surface area contributed by atoms with Gasteiger partial charge in [-0.25, -0.2) is 4.79 Å². The van der Waals surface area contributed by atoms with Gasteiger partial charge in [-0.05, 0) is 11.5 Å². The van der Waals surface area contributed by atoms with E-state index < -0.39 is 0 Å². The van der Waals surface area contributed by atoms with Crippen LogP contribution in [0.3, 0.4) is 0 Å². The Morgan fingerprint density at radius 1 is 1.88 bits per heavy atom. The fourth-order valence-electron chi connectivity index (χ4n) is 0.255. The van der Waals surface area contributed by atoms with Gasteiger partial charge in [-0.3, -0.25) is 0 Å². The molecule has 0 amide bonds. The molecule has 0 unspecified atom stereocenters. The number of hydrogen-bond acceptors (Lipinski definition) is 5. The van der Waals surface area contributed by atoms with Gasteiger partial charge >= 0.3 is 0 Å². The van der Waals surface area contributed by atoms with Crippen molar-refractivity contribution in [2.24, 2.45) is 4.99 Å². The lowest BCUT2D eigenvalue weighted by molar-refractivity contribution is 0.565. The lowest BCUT2D eigenvalue weighted by atomic mass is 10.8. The molecule has 1 aromatic rings. The Hall–Kier alpha value is -1.06.